The lowest BCUT2D eigenvalue weighted by atomic mass is 9.99. The summed E-state index contributed by atoms with van der Waals surface area (Å²) in [6, 6.07) is 3.13. The molecule has 0 radical (unpaired) electrons. The Morgan fingerprint density at radius 2 is 1.62 bits per heavy atom. The second-order valence-electron chi connectivity index (χ2n) is 5.99. The van der Waals surface area contributed by atoms with Crippen LogP contribution in [0.25, 0.3) is 0 Å². The first-order valence-electron chi connectivity index (χ1n) is 8.29. The summed E-state index contributed by atoms with van der Waals surface area (Å²) in [5.74, 6) is 0.541. The minimum absolute atomic E-state index is 0.0892. The van der Waals surface area contributed by atoms with Crippen LogP contribution >= 0.6 is 0 Å². The molecular weight excluding hydrogens is 348 g/mol. The van der Waals surface area contributed by atoms with Crippen molar-refractivity contribution in [3.63, 3.8) is 0 Å². The smallest absolute Gasteiger partial charge is 0.229 e. The molecule has 6 unspecified atom stereocenters. The highest BCUT2D eigenvalue weighted by Gasteiger charge is 2.45. The van der Waals surface area contributed by atoms with E-state index in [1.807, 2.05) is 6.92 Å². The van der Waals surface area contributed by atoms with Gasteiger partial charge in [-0.2, -0.15) is 0 Å². The van der Waals surface area contributed by atoms with Crippen LogP contribution in [-0.2, 0) is 4.74 Å². The topological polar surface area (TPSA) is 138 Å². The molecule has 6 atom stereocenters. The predicted octanol–water partition coefficient (Wildman–Crippen LogP) is -0.674. The van der Waals surface area contributed by atoms with Gasteiger partial charge in [-0.15, -0.1) is 0 Å². The second-order valence-corrected chi connectivity index (χ2v) is 5.99. The first-order valence-corrected chi connectivity index (χ1v) is 8.29. The summed E-state index contributed by atoms with van der Waals surface area (Å²) in [5, 5.41) is 49.2. The maximum absolute atomic E-state index is 10.1. The summed E-state index contributed by atoms with van der Waals surface area (Å²) in [4.78, 5) is 0. The zero-order valence-corrected chi connectivity index (χ0v) is 14.9. The van der Waals surface area contributed by atoms with Crippen LogP contribution in [0.5, 0.6) is 17.2 Å². The van der Waals surface area contributed by atoms with E-state index in [1.54, 1.807) is 12.1 Å². The standard InChI is InChI=1S/C17H26O9/c1-4-9(19)8-5-10(23-2)16(11(6-8)24-3)26-17-15(22)14(21)13(20)12(7-18)25-17/h5-6,9,12-15,17-22H,4,7H2,1-3H3. The minimum Gasteiger partial charge on any atom is -0.493 e. The SMILES string of the molecule is CCC(O)c1cc(OC)c(OC2OC(CO)C(O)C(O)C2O)c(OC)c1. The fourth-order valence-corrected chi connectivity index (χ4v) is 2.73. The van der Waals surface area contributed by atoms with Crippen molar-refractivity contribution >= 4 is 0 Å². The Labute approximate surface area is 151 Å². The molecule has 5 N–H and O–H groups in total. The molecule has 9 nitrogen and oxygen atoms in total. The Kier molecular flexibility index (Phi) is 7.04. The van der Waals surface area contributed by atoms with E-state index in [0.717, 1.165) is 0 Å². The van der Waals surface area contributed by atoms with Gasteiger partial charge in [0.15, 0.2) is 11.5 Å². The van der Waals surface area contributed by atoms with Gasteiger partial charge in [-0.05, 0) is 24.1 Å². The van der Waals surface area contributed by atoms with Crippen molar-refractivity contribution in [3.8, 4) is 17.2 Å². The van der Waals surface area contributed by atoms with E-state index < -0.39 is 43.4 Å². The number of methoxy groups -OCH3 is 2. The molecule has 1 saturated heterocycles. The number of rotatable bonds is 7. The van der Waals surface area contributed by atoms with E-state index in [2.05, 4.69) is 0 Å². The molecule has 1 aliphatic heterocycles. The third-order valence-electron chi connectivity index (χ3n) is 4.34. The Bertz CT molecular complexity index is 567. The zero-order chi connectivity index (χ0) is 19.4. The number of ether oxygens (including phenoxy) is 4. The van der Waals surface area contributed by atoms with Crippen LogP contribution in [0.1, 0.15) is 25.0 Å². The maximum atomic E-state index is 10.1. The molecule has 1 fully saturated rings. The number of hydrogen-bond acceptors (Lipinski definition) is 9. The normalized spacial score (nSPS) is 29.9. The molecule has 26 heavy (non-hydrogen) atoms. The molecule has 9 heteroatoms. The molecule has 2 rings (SSSR count). The van der Waals surface area contributed by atoms with Crippen LogP contribution < -0.4 is 14.2 Å². The van der Waals surface area contributed by atoms with Gasteiger partial charge in [-0.1, -0.05) is 6.92 Å². The molecule has 0 aromatic heterocycles. The molecule has 0 amide bonds. The van der Waals surface area contributed by atoms with Crippen LogP contribution in [0.15, 0.2) is 12.1 Å². The van der Waals surface area contributed by atoms with E-state index in [0.29, 0.717) is 12.0 Å². The van der Waals surface area contributed by atoms with Crippen molar-refractivity contribution in [3.05, 3.63) is 17.7 Å². The van der Waals surface area contributed by atoms with Crippen LogP contribution in [-0.4, -0.2) is 77.1 Å². The third-order valence-corrected chi connectivity index (χ3v) is 4.34. The van der Waals surface area contributed by atoms with Crippen LogP contribution in [0, 0.1) is 0 Å². The molecule has 1 aromatic carbocycles. The monoisotopic (exact) mass is 374 g/mol. The van der Waals surface area contributed by atoms with E-state index in [4.69, 9.17) is 18.9 Å². The molecule has 0 aliphatic carbocycles. The lowest BCUT2D eigenvalue weighted by molar-refractivity contribution is -0.277. The van der Waals surface area contributed by atoms with Gasteiger partial charge in [0.25, 0.3) is 0 Å². The highest BCUT2D eigenvalue weighted by Crippen LogP contribution is 2.42. The largest absolute Gasteiger partial charge is 0.493 e. The third kappa shape index (κ3) is 4.03. The summed E-state index contributed by atoms with van der Waals surface area (Å²) in [6.45, 7) is 1.25. The van der Waals surface area contributed by atoms with Crippen LogP contribution in [0.4, 0.5) is 0 Å². The van der Waals surface area contributed by atoms with Gasteiger partial charge in [-0.25, -0.2) is 0 Å². The summed E-state index contributed by atoms with van der Waals surface area (Å²) in [6.07, 6.45) is -7.34. The average Bonchev–Trinajstić information content (AvgIpc) is 2.67. The minimum atomic E-state index is -1.57. The van der Waals surface area contributed by atoms with Gasteiger partial charge in [0.05, 0.1) is 26.9 Å². The van der Waals surface area contributed by atoms with E-state index in [9.17, 15) is 25.5 Å². The van der Waals surface area contributed by atoms with Gasteiger partial charge in [0.2, 0.25) is 12.0 Å². The van der Waals surface area contributed by atoms with Crippen molar-refractivity contribution in [1.82, 2.24) is 0 Å². The lowest BCUT2D eigenvalue weighted by Crippen LogP contribution is -2.60. The Morgan fingerprint density at radius 3 is 2.08 bits per heavy atom. The van der Waals surface area contributed by atoms with E-state index >= 15 is 0 Å². The molecular formula is C17H26O9. The number of hydrogen-bond donors (Lipinski definition) is 5. The van der Waals surface area contributed by atoms with Crippen molar-refractivity contribution in [2.24, 2.45) is 0 Å². The van der Waals surface area contributed by atoms with Gasteiger partial charge in [0.1, 0.15) is 24.4 Å². The lowest BCUT2D eigenvalue weighted by Gasteiger charge is -2.39. The van der Waals surface area contributed by atoms with Gasteiger partial charge in [-0.3, -0.25) is 0 Å². The molecule has 1 aliphatic rings. The summed E-state index contributed by atoms with van der Waals surface area (Å²) >= 11 is 0. The van der Waals surface area contributed by atoms with Gasteiger partial charge >= 0.3 is 0 Å². The zero-order valence-electron chi connectivity index (χ0n) is 14.9. The number of benzene rings is 1. The summed E-state index contributed by atoms with van der Waals surface area (Å²) in [7, 11) is 2.80. The summed E-state index contributed by atoms with van der Waals surface area (Å²) < 4.78 is 21.6. The Balaban J connectivity index is 2.35. The molecule has 1 aromatic rings. The highest BCUT2D eigenvalue weighted by atomic mass is 16.7. The first-order chi connectivity index (χ1) is 12.4. The molecule has 0 saturated carbocycles. The van der Waals surface area contributed by atoms with Crippen molar-refractivity contribution in [2.75, 3.05) is 20.8 Å². The number of aliphatic hydroxyl groups excluding tert-OH is 5. The molecule has 0 spiro atoms. The van der Waals surface area contributed by atoms with E-state index in [-0.39, 0.29) is 17.2 Å². The molecule has 148 valence electrons. The van der Waals surface area contributed by atoms with Crippen molar-refractivity contribution < 1.29 is 44.5 Å². The quantitative estimate of drug-likeness (QED) is 0.420. The van der Waals surface area contributed by atoms with Crippen molar-refractivity contribution in [1.29, 1.82) is 0 Å². The highest BCUT2D eigenvalue weighted by molar-refractivity contribution is 5.54. The fourth-order valence-electron chi connectivity index (χ4n) is 2.73. The van der Waals surface area contributed by atoms with Crippen LogP contribution in [0.3, 0.4) is 0 Å². The van der Waals surface area contributed by atoms with Gasteiger partial charge < -0.3 is 44.5 Å². The fraction of sp³-hybridized carbons (Fsp3) is 0.647. The first kappa shape index (κ1) is 20.7. The maximum Gasteiger partial charge on any atom is 0.229 e. The second kappa shape index (κ2) is 8.85. The predicted molar refractivity (Wildman–Crippen MR) is 89.2 cm³/mol. The Morgan fingerprint density at radius 1 is 1.04 bits per heavy atom. The average molecular weight is 374 g/mol. The Hall–Kier alpha value is -1.62. The van der Waals surface area contributed by atoms with Gasteiger partial charge in [0, 0.05) is 0 Å². The van der Waals surface area contributed by atoms with Crippen molar-refractivity contribution in [2.45, 2.75) is 50.2 Å². The van der Waals surface area contributed by atoms with E-state index in [1.165, 1.54) is 14.2 Å². The van der Waals surface area contributed by atoms with Crippen LogP contribution in [0.2, 0.25) is 0 Å². The summed E-state index contributed by atoms with van der Waals surface area (Å²) in [5.41, 5.74) is 0.558. The molecule has 1 heterocycles. The molecule has 0 bridgehead atoms. The number of aliphatic hydroxyl groups is 5.